The molecule has 5 rings (SSSR count). The Kier molecular flexibility index (Phi) is 9.46. The summed E-state index contributed by atoms with van der Waals surface area (Å²) >= 11 is 0. The molecule has 0 saturated heterocycles. The molecule has 262 valence electrons. The second-order valence-corrected chi connectivity index (χ2v) is 18.4. The van der Waals surface area contributed by atoms with Crippen molar-refractivity contribution in [3.05, 3.63) is 118 Å². The summed E-state index contributed by atoms with van der Waals surface area (Å²) in [5, 5.41) is 26.6. The number of benzene rings is 5. The van der Waals surface area contributed by atoms with Gasteiger partial charge in [-0.05, 0) is 80.0 Å². The lowest BCUT2D eigenvalue weighted by atomic mass is 9.68. The number of aryl methyl sites for hydroxylation is 2. The molecule has 0 spiro atoms. The summed E-state index contributed by atoms with van der Waals surface area (Å²) in [6.07, 6.45) is 0. The van der Waals surface area contributed by atoms with E-state index in [0.29, 0.717) is 22.3 Å². The van der Waals surface area contributed by atoms with E-state index in [9.17, 15) is 10.2 Å². The van der Waals surface area contributed by atoms with E-state index in [4.69, 9.17) is 0 Å². The minimum absolute atomic E-state index is 0.183. The van der Waals surface area contributed by atoms with Crippen LogP contribution in [0.2, 0.25) is 0 Å². The van der Waals surface area contributed by atoms with Crippen molar-refractivity contribution in [3.63, 3.8) is 0 Å². The van der Waals surface area contributed by atoms with E-state index in [1.165, 1.54) is 11.1 Å². The van der Waals surface area contributed by atoms with Crippen LogP contribution in [0, 0.1) is 13.8 Å². The van der Waals surface area contributed by atoms with E-state index >= 15 is 0 Å². The van der Waals surface area contributed by atoms with Crippen molar-refractivity contribution in [1.29, 1.82) is 0 Å². The van der Waals surface area contributed by atoms with Crippen LogP contribution < -0.4 is 0 Å². The zero-order valence-electron chi connectivity index (χ0n) is 33.0. The monoisotopic (exact) mass is 666 g/mol. The first-order valence-electron chi connectivity index (χ1n) is 18.1. The molecule has 5 aromatic rings. The molecular weight excluding hydrogens is 609 g/mol. The van der Waals surface area contributed by atoms with Gasteiger partial charge in [0.1, 0.15) is 11.5 Å². The second-order valence-electron chi connectivity index (χ2n) is 18.4. The number of rotatable bonds is 4. The lowest BCUT2D eigenvalue weighted by molar-refractivity contribution is 0.465. The molecule has 0 aliphatic rings. The van der Waals surface area contributed by atoms with Gasteiger partial charge in [-0.15, -0.1) is 0 Å². The summed E-state index contributed by atoms with van der Waals surface area (Å²) < 4.78 is 0. The summed E-state index contributed by atoms with van der Waals surface area (Å²) in [5.74, 6) is 0.367. The summed E-state index contributed by atoms with van der Waals surface area (Å²) in [7, 11) is 0. The van der Waals surface area contributed by atoms with Gasteiger partial charge < -0.3 is 10.2 Å². The summed E-state index contributed by atoms with van der Waals surface area (Å²) in [6, 6.07) is 29.2. The van der Waals surface area contributed by atoms with Crippen molar-refractivity contribution in [3.8, 4) is 56.0 Å². The Morgan fingerprint density at radius 3 is 0.800 bits per heavy atom. The Morgan fingerprint density at radius 1 is 0.340 bits per heavy atom. The maximum Gasteiger partial charge on any atom is 0.132 e. The number of hydrogen-bond donors (Lipinski definition) is 2. The van der Waals surface area contributed by atoms with Gasteiger partial charge in [-0.2, -0.15) is 0 Å². The SMILES string of the molecule is Cc1cc(C(C)(C)C)c(-c2c(O)c(-c3ccccc3)c(-c3ccccc3)c(O)c2-c2c(C(C)(C)C)cc(C)cc2C(C)(C)C)c(C(C)(C)C)c1. The number of aromatic hydroxyl groups is 2. The van der Waals surface area contributed by atoms with Crippen molar-refractivity contribution in [2.75, 3.05) is 0 Å². The minimum Gasteiger partial charge on any atom is -0.507 e. The third-order valence-electron chi connectivity index (χ3n) is 9.87. The lowest BCUT2D eigenvalue weighted by Crippen LogP contribution is -2.22. The Balaban J connectivity index is 2.24. The van der Waals surface area contributed by atoms with Gasteiger partial charge in [-0.3, -0.25) is 0 Å². The predicted molar refractivity (Wildman–Crippen MR) is 216 cm³/mol. The third kappa shape index (κ3) is 6.87. The number of phenolic OH excluding ortho intramolecular Hbond substituents is 2. The molecule has 2 nitrogen and oxygen atoms in total. The molecule has 0 heterocycles. The molecule has 0 aliphatic carbocycles. The first-order valence-corrected chi connectivity index (χ1v) is 18.1. The standard InChI is InChI=1S/C48H58O2/c1-29-25-33(45(3,4)5)39(34(26-29)46(6,7)8)41-42(40-35(47(9,10)11)27-30(2)28-36(40)48(12,13)14)44(50)38(32-23-19-16-20-24-32)37(43(41)49)31-21-17-15-18-22-31/h15-28,49-50H,1-14H3. The van der Waals surface area contributed by atoms with Crippen LogP contribution in [0.25, 0.3) is 44.5 Å². The van der Waals surface area contributed by atoms with Crippen LogP contribution in [0.15, 0.2) is 84.9 Å². The van der Waals surface area contributed by atoms with E-state index in [0.717, 1.165) is 44.5 Å². The highest BCUT2D eigenvalue weighted by Gasteiger charge is 2.37. The highest BCUT2D eigenvalue weighted by atomic mass is 16.3. The Labute approximate surface area is 302 Å². The second kappa shape index (κ2) is 12.8. The molecule has 0 aliphatic heterocycles. The van der Waals surface area contributed by atoms with Gasteiger partial charge in [0.2, 0.25) is 0 Å². The normalized spacial score (nSPS) is 12.8. The maximum atomic E-state index is 13.3. The average molecular weight is 667 g/mol. The Bertz CT molecular complexity index is 1820. The first-order chi connectivity index (χ1) is 23.0. The molecule has 5 aromatic carbocycles. The molecule has 0 unspecified atom stereocenters. The van der Waals surface area contributed by atoms with Crippen molar-refractivity contribution < 1.29 is 10.2 Å². The van der Waals surface area contributed by atoms with Crippen molar-refractivity contribution in [2.45, 2.75) is 119 Å². The largest absolute Gasteiger partial charge is 0.507 e. The molecule has 0 radical (unpaired) electrons. The van der Waals surface area contributed by atoms with E-state index < -0.39 is 0 Å². The smallest absolute Gasteiger partial charge is 0.132 e. The van der Waals surface area contributed by atoms with Crippen LogP contribution in [-0.2, 0) is 21.7 Å². The highest BCUT2D eigenvalue weighted by Crippen LogP contribution is 2.60. The van der Waals surface area contributed by atoms with E-state index in [2.05, 4.69) is 121 Å². The number of phenols is 2. The zero-order valence-corrected chi connectivity index (χ0v) is 33.0. The molecule has 2 heteroatoms. The molecule has 0 aromatic heterocycles. The predicted octanol–water partition coefficient (Wildman–Crippen LogP) is 13.6. The Hall–Kier alpha value is -4.30. The minimum atomic E-state index is -0.265. The van der Waals surface area contributed by atoms with Crippen LogP contribution in [-0.4, -0.2) is 10.2 Å². The molecule has 0 saturated carbocycles. The molecule has 0 bridgehead atoms. The van der Waals surface area contributed by atoms with Gasteiger partial charge in [-0.25, -0.2) is 0 Å². The maximum absolute atomic E-state index is 13.3. The van der Waals surface area contributed by atoms with Crippen LogP contribution in [0.4, 0.5) is 0 Å². The molecule has 0 fully saturated rings. The van der Waals surface area contributed by atoms with Gasteiger partial charge in [0, 0.05) is 22.3 Å². The first kappa shape index (κ1) is 37.0. The van der Waals surface area contributed by atoms with Gasteiger partial charge >= 0.3 is 0 Å². The quantitative estimate of drug-likeness (QED) is 0.187. The van der Waals surface area contributed by atoms with Crippen molar-refractivity contribution in [1.82, 2.24) is 0 Å². The van der Waals surface area contributed by atoms with Crippen LogP contribution >= 0.6 is 0 Å². The van der Waals surface area contributed by atoms with E-state index in [1.54, 1.807) is 0 Å². The van der Waals surface area contributed by atoms with Gasteiger partial charge in [0.15, 0.2) is 0 Å². The lowest BCUT2D eigenvalue weighted by Gasteiger charge is -2.36. The van der Waals surface area contributed by atoms with E-state index in [-0.39, 0.29) is 33.2 Å². The summed E-state index contributed by atoms with van der Waals surface area (Å²) in [6.45, 7) is 31.3. The number of hydrogen-bond acceptors (Lipinski definition) is 2. The van der Waals surface area contributed by atoms with Crippen LogP contribution in [0.3, 0.4) is 0 Å². The Morgan fingerprint density at radius 2 is 0.580 bits per heavy atom. The summed E-state index contributed by atoms with van der Waals surface area (Å²) in [5.41, 5.74) is 12.2. The topological polar surface area (TPSA) is 40.5 Å². The van der Waals surface area contributed by atoms with Crippen molar-refractivity contribution >= 4 is 0 Å². The third-order valence-corrected chi connectivity index (χ3v) is 9.87. The van der Waals surface area contributed by atoms with E-state index in [1.807, 2.05) is 60.7 Å². The molecule has 50 heavy (non-hydrogen) atoms. The molecule has 0 atom stereocenters. The van der Waals surface area contributed by atoms with Crippen LogP contribution in [0.1, 0.15) is 116 Å². The molecule has 2 N–H and O–H groups in total. The fourth-order valence-electron chi connectivity index (χ4n) is 7.46. The summed E-state index contributed by atoms with van der Waals surface area (Å²) in [4.78, 5) is 0. The van der Waals surface area contributed by atoms with Crippen molar-refractivity contribution in [2.24, 2.45) is 0 Å². The molecule has 0 amide bonds. The van der Waals surface area contributed by atoms with Crippen LogP contribution in [0.5, 0.6) is 11.5 Å². The highest BCUT2D eigenvalue weighted by molar-refractivity contribution is 6.07. The average Bonchev–Trinajstić information content (AvgIpc) is 3.00. The van der Waals surface area contributed by atoms with Gasteiger partial charge in [0.25, 0.3) is 0 Å². The zero-order chi connectivity index (χ0) is 37.1. The fraction of sp³-hybridized carbons (Fsp3) is 0.375. The fourth-order valence-corrected chi connectivity index (χ4v) is 7.46. The van der Waals surface area contributed by atoms with Gasteiger partial charge in [-0.1, -0.05) is 179 Å². The molecular formula is C48H58O2. The van der Waals surface area contributed by atoms with Gasteiger partial charge in [0.05, 0.1) is 0 Å².